The highest BCUT2D eigenvalue weighted by atomic mass is 19.1. The van der Waals surface area contributed by atoms with Gasteiger partial charge in [0.05, 0.1) is 7.11 Å². The van der Waals surface area contributed by atoms with Crippen LogP contribution in [0.25, 0.3) is 22.0 Å². The summed E-state index contributed by atoms with van der Waals surface area (Å²) < 4.78 is 19.1. The number of methoxy groups -OCH3 is 1. The molecule has 0 aliphatic carbocycles. The number of nitrogens with zero attached hydrogens (tertiary/aromatic N) is 1. The van der Waals surface area contributed by atoms with Gasteiger partial charge in [-0.05, 0) is 47.5 Å². The number of aromatic nitrogens is 1. The van der Waals surface area contributed by atoms with Gasteiger partial charge >= 0.3 is 0 Å². The molecule has 2 nitrogen and oxygen atoms in total. The summed E-state index contributed by atoms with van der Waals surface area (Å²) in [5, 5.41) is 0.779. The van der Waals surface area contributed by atoms with Gasteiger partial charge in [0.15, 0.2) is 0 Å². The molecular weight excluding hydrogens is 241 g/mol. The van der Waals surface area contributed by atoms with Gasteiger partial charge in [-0.1, -0.05) is 12.1 Å². The molecule has 0 aliphatic rings. The van der Waals surface area contributed by atoms with E-state index in [1.807, 2.05) is 24.3 Å². The van der Waals surface area contributed by atoms with Gasteiger partial charge in [-0.25, -0.2) is 4.39 Å². The van der Waals surface area contributed by atoms with Crippen LogP contribution in [0.3, 0.4) is 0 Å². The molecule has 0 saturated heterocycles. The summed E-state index contributed by atoms with van der Waals surface area (Å²) >= 11 is 0. The number of hydrogen-bond donors (Lipinski definition) is 0. The van der Waals surface area contributed by atoms with Crippen molar-refractivity contribution >= 4 is 10.9 Å². The fourth-order valence-electron chi connectivity index (χ4n) is 2.02. The summed E-state index contributed by atoms with van der Waals surface area (Å²) in [6, 6.07) is 15.5. The zero-order valence-corrected chi connectivity index (χ0v) is 10.4. The highest BCUT2D eigenvalue weighted by Gasteiger charge is 2.06. The van der Waals surface area contributed by atoms with Crippen LogP contribution >= 0.6 is 0 Å². The first-order valence-corrected chi connectivity index (χ1v) is 5.88. The number of fused-ring (bicyclic) bond motifs is 1. The average Bonchev–Trinajstić information content (AvgIpc) is 2.47. The minimum Gasteiger partial charge on any atom is -0.497 e. The molecule has 0 fully saturated rings. The van der Waals surface area contributed by atoms with Gasteiger partial charge in [0, 0.05) is 11.6 Å². The van der Waals surface area contributed by atoms with Crippen molar-refractivity contribution in [1.29, 1.82) is 0 Å². The van der Waals surface area contributed by atoms with E-state index in [4.69, 9.17) is 4.74 Å². The van der Waals surface area contributed by atoms with Gasteiger partial charge in [-0.3, -0.25) is 4.98 Å². The molecule has 0 N–H and O–H groups in total. The Bertz CT molecular complexity index is 722. The zero-order valence-electron chi connectivity index (χ0n) is 10.4. The quantitative estimate of drug-likeness (QED) is 0.691. The minimum absolute atomic E-state index is 0.322. The van der Waals surface area contributed by atoms with Crippen molar-refractivity contribution < 1.29 is 9.13 Å². The molecule has 0 saturated carbocycles. The van der Waals surface area contributed by atoms with E-state index in [1.54, 1.807) is 25.4 Å². The number of pyridine rings is 1. The van der Waals surface area contributed by atoms with Gasteiger partial charge in [0.1, 0.15) is 17.1 Å². The molecule has 1 heterocycles. The zero-order chi connectivity index (χ0) is 13.2. The lowest BCUT2D eigenvalue weighted by atomic mass is 10.0. The van der Waals surface area contributed by atoms with Crippen LogP contribution in [0.1, 0.15) is 0 Å². The average molecular weight is 252 g/mol. The van der Waals surface area contributed by atoms with Crippen LogP contribution in [0.5, 0.6) is 5.75 Å². The lowest BCUT2D eigenvalue weighted by Gasteiger charge is -2.06. The first-order chi connectivity index (χ1) is 9.28. The molecule has 0 spiro atoms. The van der Waals surface area contributed by atoms with Crippen molar-refractivity contribution in [1.82, 2.24) is 4.98 Å². The summed E-state index contributed by atoms with van der Waals surface area (Å²) in [7, 11) is 1.60. The molecule has 0 atom stereocenters. The highest BCUT2D eigenvalue weighted by molar-refractivity contribution is 5.84. The van der Waals surface area contributed by atoms with Crippen LogP contribution in [0.4, 0.5) is 4.39 Å². The summed E-state index contributed by atoms with van der Waals surface area (Å²) in [6.45, 7) is 0. The Kier molecular flexibility index (Phi) is 2.88. The van der Waals surface area contributed by atoms with Gasteiger partial charge in [-0.2, -0.15) is 0 Å². The first-order valence-electron chi connectivity index (χ1n) is 5.88. The molecule has 2 aromatic carbocycles. The Morgan fingerprint density at radius 2 is 2.11 bits per heavy atom. The molecule has 0 aliphatic heterocycles. The molecule has 3 rings (SSSR count). The molecule has 3 aromatic rings. The monoisotopic (exact) mass is 252 g/mol. The van der Waals surface area contributed by atoms with Crippen molar-refractivity contribution in [3.8, 4) is 16.9 Å². The van der Waals surface area contributed by atoms with Gasteiger partial charge < -0.3 is 4.74 Å². The van der Waals surface area contributed by atoms with Crippen LogP contribution < -0.4 is 4.74 Å². The van der Waals surface area contributed by atoms with E-state index in [9.17, 15) is 4.39 Å². The van der Waals surface area contributed by atoms with Crippen LogP contribution in [0, 0.1) is 11.9 Å². The van der Waals surface area contributed by atoms with Crippen LogP contribution in [0.2, 0.25) is 0 Å². The molecular formula is C16H11FNO. The SMILES string of the molecule is COc1c[c]c(-c2cc(F)c3ncccc3c2)cc1. The Hall–Kier alpha value is -2.42. The number of hydrogen-bond acceptors (Lipinski definition) is 2. The number of ether oxygens (including phenoxy) is 1. The second kappa shape index (κ2) is 4.69. The smallest absolute Gasteiger partial charge is 0.150 e. The minimum atomic E-state index is -0.322. The maximum atomic E-state index is 14.0. The Labute approximate surface area is 110 Å². The van der Waals surface area contributed by atoms with E-state index in [0.717, 1.165) is 22.3 Å². The van der Waals surface area contributed by atoms with E-state index in [0.29, 0.717) is 5.52 Å². The predicted octanol–water partition coefficient (Wildman–Crippen LogP) is 3.85. The molecule has 0 amide bonds. The maximum absolute atomic E-state index is 14.0. The third-order valence-electron chi connectivity index (χ3n) is 2.99. The molecule has 0 unspecified atom stereocenters. The Balaban J connectivity index is 2.14. The Morgan fingerprint density at radius 3 is 2.84 bits per heavy atom. The molecule has 3 heteroatoms. The topological polar surface area (TPSA) is 22.1 Å². The van der Waals surface area contributed by atoms with E-state index in [2.05, 4.69) is 11.1 Å². The molecule has 93 valence electrons. The third kappa shape index (κ3) is 2.15. The molecule has 0 bridgehead atoms. The van der Waals surface area contributed by atoms with E-state index < -0.39 is 0 Å². The predicted molar refractivity (Wildman–Crippen MR) is 72.5 cm³/mol. The van der Waals surface area contributed by atoms with E-state index >= 15 is 0 Å². The van der Waals surface area contributed by atoms with E-state index in [-0.39, 0.29) is 5.82 Å². The second-order valence-corrected chi connectivity index (χ2v) is 4.18. The normalized spacial score (nSPS) is 10.6. The first kappa shape index (κ1) is 11.7. The standard InChI is InChI=1S/C16H11FNO/c1-19-14-6-4-11(5-7-14)13-9-12-3-2-8-18-16(12)15(17)10-13/h2-4,6-10H,1H3. The molecule has 19 heavy (non-hydrogen) atoms. The van der Waals surface area contributed by atoms with Gasteiger partial charge in [-0.15, -0.1) is 0 Å². The summed E-state index contributed by atoms with van der Waals surface area (Å²) in [4.78, 5) is 4.04. The summed E-state index contributed by atoms with van der Waals surface area (Å²) in [5.41, 5.74) is 1.99. The Morgan fingerprint density at radius 1 is 1.21 bits per heavy atom. The lowest BCUT2D eigenvalue weighted by molar-refractivity contribution is 0.415. The molecule has 1 aromatic heterocycles. The lowest BCUT2D eigenvalue weighted by Crippen LogP contribution is -1.87. The summed E-state index contributed by atoms with van der Waals surface area (Å²) in [5.74, 6) is 0.406. The maximum Gasteiger partial charge on any atom is 0.150 e. The largest absolute Gasteiger partial charge is 0.497 e. The number of rotatable bonds is 2. The highest BCUT2D eigenvalue weighted by Crippen LogP contribution is 2.26. The van der Waals surface area contributed by atoms with Crippen LogP contribution in [-0.4, -0.2) is 12.1 Å². The summed E-state index contributed by atoms with van der Waals surface area (Å²) in [6.07, 6.45) is 1.59. The fraction of sp³-hybridized carbons (Fsp3) is 0.0625. The van der Waals surface area contributed by atoms with Crippen molar-refractivity contribution in [2.24, 2.45) is 0 Å². The second-order valence-electron chi connectivity index (χ2n) is 4.18. The number of benzene rings is 2. The van der Waals surface area contributed by atoms with Crippen molar-refractivity contribution in [3.63, 3.8) is 0 Å². The third-order valence-corrected chi connectivity index (χ3v) is 2.99. The van der Waals surface area contributed by atoms with E-state index in [1.165, 1.54) is 6.07 Å². The van der Waals surface area contributed by atoms with Crippen molar-refractivity contribution in [2.75, 3.05) is 7.11 Å². The number of halogens is 1. The van der Waals surface area contributed by atoms with Crippen LogP contribution in [0.15, 0.2) is 48.7 Å². The fourth-order valence-corrected chi connectivity index (χ4v) is 2.02. The van der Waals surface area contributed by atoms with Crippen molar-refractivity contribution in [3.05, 3.63) is 60.5 Å². The van der Waals surface area contributed by atoms with Crippen molar-refractivity contribution in [2.45, 2.75) is 0 Å². The van der Waals surface area contributed by atoms with Crippen LogP contribution in [-0.2, 0) is 0 Å². The molecule has 1 radical (unpaired) electrons. The van der Waals surface area contributed by atoms with Gasteiger partial charge in [0.2, 0.25) is 0 Å². The van der Waals surface area contributed by atoms with Gasteiger partial charge in [0.25, 0.3) is 0 Å².